The fourth-order valence-electron chi connectivity index (χ4n) is 3.44. The second-order valence-electron chi connectivity index (χ2n) is 9.02. The number of urea groups is 1. The molecule has 0 aromatic heterocycles. The number of alkyl carbamates (subject to hydrolysis) is 1. The van der Waals surface area contributed by atoms with E-state index in [4.69, 9.17) is 10.5 Å². The Morgan fingerprint density at radius 3 is 2.38 bits per heavy atom. The van der Waals surface area contributed by atoms with Gasteiger partial charge < -0.3 is 46.9 Å². The van der Waals surface area contributed by atoms with E-state index in [-0.39, 0.29) is 38.6 Å². The lowest BCUT2D eigenvalue weighted by Crippen LogP contribution is -2.54. The number of primary amides is 1. The molecule has 0 aliphatic rings. The van der Waals surface area contributed by atoms with Crippen molar-refractivity contribution in [1.82, 2.24) is 20.9 Å². The zero-order valence-electron chi connectivity index (χ0n) is 22.4. The van der Waals surface area contributed by atoms with E-state index in [2.05, 4.69) is 27.8 Å². The SMILES string of the molecule is C=CCOC(=O)NC(C(=O)NC(CCCNC(N)=O)C(=O)Nc1ccc(CO)c(CN(C)C(=O)O)c1)C(C)C. The summed E-state index contributed by atoms with van der Waals surface area (Å²) in [6, 6.07) is 1.81. The van der Waals surface area contributed by atoms with Crippen LogP contribution < -0.4 is 27.0 Å². The second kappa shape index (κ2) is 16.5. The zero-order chi connectivity index (χ0) is 29.5. The number of nitrogens with zero attached hydrogens (tertiary/aromatic N) is 1. The monoisotopic (exact) mass is 550 g/mol. The average Bonchev–Trinajstić information content (AvgIpc) is 2.87. The number of hydrogen-bond donors (Lipinski definition) is 7. The highest BCUT2D eigenvalue weighted by Gasteiger charge is 2.29. The summed E-state index contributed by atoms with van der Waals surface area (Å²) < 4.78 is 4.89. The van der Waals surface area contributed by atoms with Crippen LogP contribution in [-0.4, -0.2) is 77.4 Å². The number of carbonyl (C=O) groups excluding carboxylic acids is 4. The highest BCUT2D eigenvalue weighted by molar-refractivity contribution is 5.98. The Labute approximate surface area is 226 Å². The van der Waals surface area contributed by atoms with Crippen molar-refractivity contribution >= 4 is 35.7 Å². The van der Waals surface area contributed by atoms with Gasteiger partial charge in [0.2, 0.25) is 11.8 Å². The van der Waals surface area contributed by atoms with E-state index in [1.54, 1.807) is 19.9 Å². The Morgan fingerprint density at radius 2 is 1.82 bits per heavy atom. The Bertz CT molecular complexity index is 1030. The summed E-state index contributed by atoms with van der Waals surface area (Å²) >= 11 is 0. The molecule has 0 saturated carbocycles. The molecule has 216 valence electrons. The minimum Gasteiger partial charge on any atom is -0.465 e. The van der Waals surface area contributed by atoms with Crippen LogP contribution in [-0.2, 0) is 27.5 Å². The van der Waals surface area contributed by atoms with Crippen LogP contribution in [0.1, 0.15) is 37.8 Å². The van der Waals surface area contributed by atoms with Gasteiger partial charge in [-0.3, -0.25) is 9.59 Å². The standard InChI is InChI=1S/C25H38N6O8/c1-5-11-39-24(36)30-20(15(2)3)22(34)29-19(7-6-10-27-23(26)35)21(33)28-18-9-8-16(14-32)17(12-18)13-31(4)25(37)38/h5,8-9,12,15,19-20,32H,1,6-7,10-11,13-14H2,2-4H3,(H,28,33)(H,29,34)(H,30,36)(H,37,38)(H3,26,27,35). The van der Waals surface area contributed by atoms with Gasteiger partial charge in [0.25, 0.3) is 0 Å². The fourth-order valence-corrected chi connectivity index (χ4v) is 3.44. The van der Waals surface area contributed by atoms with Gasteiger partial charge in [0.1, 0.15) is 18.7 Å². The van der Waals surface area contributed by atoms with Gasteiger partial charge in [-0.1, -0.05) is 32.6 Å². The van der Waals surface area contributed by atoms with Gasteiger partial charge in [-0.25, -0.2) is 14.4 Å². The van der Waals surface area contributed by atoms with Crippen molar-refractivity contribution < 1.29 is 38.9 Å². The van der Waals surface area contributed by atoms with E-state index in [0.29, 0.717) is 23.2 Å². The molecule has 2 unspecified atom stereocenters. The normalized spacial score (nSPS) is 12.0. The molecule has 8 N–H and O–H groups in total. The maximum absolute atomic E-state index is 13.2. The van der Waals surface area contributed by atoms with Crippen molar-refractivity contribution in [1.29, 1.82) is 0 Å². The Morgan fingerprint density at radius 1 is 1.13 bits per heavy atom. The summed E-state index contributed by atoms with van der Waals surface area (Å²) in [5.74, 6) is -1.56. The molecule has 0 fully saturated rings. The molecule has 1 rings (SSSR count). The van der Waals surface area contributed by atoms with E-state index in [9.17, 15) is 34.2 Å². The third-order valence-corrected chi connectivity index (χ3v) is 5.53. The third kappa shape index (κ3) is 11.7. The number of carboxylic acid groups (broad SMARTS) is 1. The molecule has 1 aromatic rings. The van der Waals surface area contributed by atoms with Crippen molar-refractivity contribution in [2.75, 3.05) is 25.5 Å². The number of rotatable bonds is 15. The summed E-state index contributed by atoms with van der Waals surface area (Å²) in [6.45, 7) is 6.63. The maximum Gasteiger partial charge on any atom is 0.408 e. The Hall–Kier alpha value is -4.33. The summed E-state index contributed by atoms with van der Waals surface area (Å²) in [5, 5.41) is 29.0. The lowest BCUT2D eigenvalue weighted by molar-refractivity contribution is -0.128. The summed E-state index contributed by atoms with van der Waals surface area (Å²) in [4.78, 5) is 61.5. The van der Waals surface area contributed by atoms with Crippen LogP contribution in [0.5, 0.6) is 0 Å². The highest BCUT2D eigenvalue weighted by Crippen LogP contribution is 2.19. The van der Waals surface area contributed by atoms with Crippen LogP contribution in [0.25, 0.3) is 0 Å². The number of benzene rings is 1. The molecular formula is C25H38N6O8. The summed E-state index contributed by atoms with van der Waals surface area (Å²) in [5.41, 5.74) is 6.36. The Balaban J connectivity index is 3.10. The first-order valence-electron chi connectivity index (χ1n) is 12.2. The minimum absolute atomic E-state index is 0.0302. The van der Waals surface area contributed by atoms with Crippen LogP contribution >= 0.6 is 0 Å². The lowest BCUT2D eigenvalue weighted by atomic mass is 10.0. The van der Waals surface area contributed by atoms with Crippen molar-refractivity contribution in [3.63, 3.8) is 0 Å². The molecule has 14 nitrogen and oxygen atoms in total. The number of nitrogens with two attached hydrogens (primary N) is 1. The van der Waals surface area contributed by atoms with Gasteiger partial charge in [-0.15, -0.1) is 0 Å². The maximum atomic E-state index is 13.2. The molecule has 0 aliphatic carbocycles. The quantitative estimate of drug-likeness (QED) is 0.124. The van der Waals surface area contributed by atoms with E-state index in [0.717, 1.165) is 4.90 Å². The van der Waals surface area contributed by atoms with E-state index in [1.165, 1.54) is 25.3 Å². The van der Waals surface area contributed by atoms with Gasteiger partial charge in [-0.2, -0.15) is 0 Å². The van der Waals surface area contributed by atoms with Crippen LogP contribution in [0.4, 0.5) is 20.1 Å². The van der Waals surface area contributed by atoms with E-state index >= 15 is 0 Å². The van der Waals surface area contributed by atoms with Gasteiger partial charge in [0, 0.05) is 25.8 Å². The minimum atomic E-state index is -1.16. The second-order valence-corrected chi connectivity index (χ2v) is 9.02. The van der Waals surface area contributed by atoms with Crippen molar-refractivity contribution in [3.8, 4) is 0 Å². The largest absolute Gasteiger partial charge is 0.465 e. The first-order valence-corrected chi connectivity index (χ1v) is 12.2. The molecule has 0 saturated heterocycles. The number of aliphatic hydroxyl groups excluding tert-OH is 1. The third-order valence-electron chi connectivity index (χ3n) is 5.53. The molecule has 1 aromatic carbocycles. The van der Waals surface area contributed by atoms with Crippen LogP contribution in [0.15, 0.2) is 30.9 Å². The zero-order valence-corrected chi connectivity index (χ0v) is 22.4. The lowest BCUT2D eigenvalue weighted by Gasteiger charge is -2.25. The van der Waals surface area contributed by atoms with Crippen LogP contribution in [0, 0.1) is 5.92 Å². The van der Waals surface area contributed by atoms with Crippen LogP contribution in [0.3, 0.4) is 0 Å². The number of hydrogen-bond acceptors (Lipinski definition) is 7. The fraction of sp³-hybridized carbons (Fsp3) is 0.480. The van der Waals surface area contributed by atoms with Gasteiger partial charge in [0.15, 0.2) is 0 Å². The van der Waals surface area contributed by atoms with Crippen molar-refractivity contribution in [2.45, 2.75) is 51.9 Å². The first-order chi connectivity index (χ1) is 18.4. The predicted molar refractivity (Wildman–Crippen MR) is 143 cm³/mol. The van der Waals surface area contributed by atoms with Crippen molar-refractivity contribution in [2.24, 2.45) is 11.7 Å². The number of ether oxygens (including phenoxy) is 1. The first kappa shape index (κ1) is 32.7. The molecule has 0 heterocycles. The number of nitrogens with one attached hydrogen (secondary N) is 4. The summed E-state index contributed by atoms with van der Waals surface area (Å²) in [6.07, 6.45) is -0.198. The van der Waals surface area contributed by atoms with E-state index in [1.807, 2.05) is 0 Å². The van der Waals surface area contributed by atoms with E-state index < -0.39 is 42.1 Å². The van der Waals surface area contributed by atoms with Crippen molar-refractivity contribution in [3.05, 3.63) is 42.0 Å². The highest BCUT2D eigenvalue weighted by atomic mass is 16.5. The molecule has 2 atom stereocenters. The number of anilines is 1. The summed E-state index contributed by atoms with van der Waals surface area (Å²) in [7, 11) is 1.37. The predicted octanol–water partition coefficient (Wildman–Crippen LogP) is 1.10. The average molecular weight is 551 g/mol. The Kier molecular flexibility index (Phi) is 13.8. The molecule has 39 heavy (non-hydrogen) atoms. The smallest absolute Gasteiger partial charge is 0.408 e. The molecule has 14 heteroatoms. The molecule has 0 spiro atoms. The molecule has 6 amide bonds. The molecular weight excluding hydrogens is 512 g/mol. The van der Waals surface area contributed by atoms with Gasteiger partial charge in [0.05, 0.1) is 6.61 Å². The molecule has 0 radical (unpaired) electrons. The van der Waals surface area contributed by atoms with Gasteiger partial charge >= 0.3 is 18.2 Å². The topological polar surface area (TPSA) is 212 Å². The number of amides is 6. The number of aliphatic hydroxyl groups is 1. The molecule has 0 aliphatic heterocycles. The molecule has 0 bridgehead atoms. The van der Waals surface area contributed by atoms with Gasteiger partial charge in [-0.05, 0) is 42.0 Å². The van der Waals surface area contributed by atoms with Crippen LogP contribution in [0.2, 0.25) is 0 Å². The number of carbonyl (C=O) groups is 5.